The predicted octanol–water partition coefficient (Wildman–Crippen LogP) is 1.13. The molecule has 3 heterocycles. The lowest BCUT2D eigenvalue weighted by molar-refractivity contribution is -0.136. The Morgan fingerprint density at radius 3 is 2.71 bits per heavy atom. The SMILES string of the molecule is Cc1ccc(NC(=O)[C@@H]2CNC[C@H](C(=O)N3CCSCC3)C2)cn1. The van der Waals surface area contributed by atoms with Gasteiger partial charge in [-0.15, -0.1) is 0 Å². The monoisotopic (exact) mass is 348 g/mol. The van der Waals surface area contributed by atoms with Crippen molar-refractivity contribution in [2.45, 2.75) is 13.3 Å². The Labute approximate surface area is 146 Å². The average Bonchev–Trinajstić information content (AvgIpc) is 2.64. The zero-order valence-corrected chi connectivity index (χ0v) is 14.8. The predicted molar refractivity (Wildman–Crippen MR) is 96.0 cm³/mol. The van der Waals surface area contributed by atoms with Crippen molar-refractivity contribution in [1.82, 2.24) is 15.2 Å². The number of piperidine rings is 1. The average molecular weight is 348 g/mol. The number of pyridine rings is 1. The number of aromatic nitrogens is 1. The van der Waals surface area contributed by atoms with Gasteiger partial charge in [0.15, 0.2) is 0 Å². The molecule has 2 saturated heterocycles. The molecule has 0 saturated carbocycles. The molecule has 6 nitrogen and oxygen atoms in total. The van der Waals surface area contributed by atoms with Crippen molar-refractivity contribution in [3.05, 3.63) is 24.0 Å². The Balaban J connectivity index is 1.57. The van der Waals surface area contributed by atoms with Gasteiger partial charge in [-0.25, -0.2) is 0 Å². The number of anilines is 1. The van der Waals surface area contributed by atoms with Crippen molar-refractivity contribution in [2.24, 2.45) is 11.8 Å². The van der Waals surface area contributed by atoms with Crippen molar-refractivity contribution in [3.8, 4) is 0 Å². The molecule has 0 radical (unpaired) electrons. The summed E-state index contributed by atoms with van der Waals surface area (Å²) >= 11 is 1.89. The Morgan fingerprint density at radius 2 is 2.00 bits per heavy atom. The molecule has 1 aromatic rings. The molecule has 3 rings (SSSR count). The minimum absolute atomic E-state index is 0.0418. The van der Waals surface area contributed by atoms with E-state index in [0.29, 0.717) is 25.2 Å². The molecule has 2 amide bonds. The maximum Gasteiger partial charge on any atom is 0.228 e. The lowest BCUT2D eigenvalue weighted by Gasteiger charge is -2.34. The highest BCUT2D eigenvalue weighted by Gasteiger charge is 2.33. The first-order valence-corrected chi connectivity index (χ1v) is 9.59. The van der Waals surface area contributed by atoms with Gasteiger partial charge in [-0.1, -0.05) is 0 Å². The van der Waals surface area contributed by atoms with Crippen LogP contribution in [0.25, 0.3) is 0 Å². The molecule has 2 N–H and O–H groups in total. The van der Waals surface area contributed by atoms with E-state index >= 15 is 0 Å². The number of nitrogens with zero attached hydrogens (tertiary/aromatic N) is 2. The minimum Gasteiger partial charge on any atom is -0.341 e. The second-order valence-corrected chi connectivity index (χ2v) is 7.63. The summed E-state index contributed by atoms with van der Waals surface area (Å²) in [7, 11) is 0. The van der Waals surface area contributed by atoms with E-state index < -0.39 is 0 Å². The fourth-order valence-electron chi connectivity index (χ4n) is 3.16. The van der Waals surface area contributed by atoms with E-state index in [9.17, 15) is 9.59 Å². The molecule has 0 aromatic carbocycles. The van der Waals surface area contributed by atoms with Gasteiger partial charge in [0.1, 0.15) is 0 Å². The van der Waals surface area contributed by atoms with Crippen LogP contribution in [0.1, 0.15) is 12.1 Å². The second kappa shape index (κ2) is 7.98. The summed E-state index contributed by atoms with van der Waals surface area (Å²) in [6, 6.07) is 3.72. The Morgan fingerprint density at radius 1 is 1.25 bits per heavy atom. The normalized spacial score (nSPS) is 24.5. The van der Waals surface area contributed by atoms with Gasteiger partial charge < -0.3 is 15.5 Å². The molecule has 7 heteroatoms. The van der Waals surface area contributed by atoms with Crippen LogP contribution in [-0.2, 0) is 9.59 Å². The highest BCUT2D eigenvalue weighted by molar-refractivity contribution is 7.99. The smallest absolute Gasteiger partial charge is 0.228 e. The first-order chi connectivity index (χ1) is 11.6. The third kappa shape index (κ3) is 4.27. The highest BCUT2D eigenvalue weighted by Crippen LogP contribution is 2.22. The van der Waals surface area contributed by atoms with Crippen LogP contribution in [0.5, 0.6) is 0 Å². The van der Waals surface area contributed by atoms with Crippen LogP contribution in [0.3, 0.4) is 0 Å². The Kier molecular flexibility index (Phi) is 5.73. The van der Waals surface area contributed by atoms with E-state index in [-0.39, 0.29) is 23.7 Å². The van der Waals surface area contributed by atoms with E-state index in [1.807, 2.05) is 35.7 Å². The number of rotatable bonds is 3. The molecule has 2 fully saturated rings. The van der Waals surface area contributed by atoms with Gasteiger partial charge >= 0.3 is 0 Å². The third-order valence-electron chi connectivity index (χ3n) is 4.57. The van der Waals surface area contributed by atoms with Gasteiger partial charge in [0.05, 0.1) is 23.7 Å². The largest absolute Gasteiger partial charge is 0.341 e. The van der Waals surface area contributed by atoms with Gasteiger partial charge in [0.25, 0.3) is 0 Å². The molecular formula is C17H24N4O2S. The van der Waals surface area contributed by atoms with Gasteiger partial charge in [-0.3, -0.25) is 14.6 Å². The summed E-state index contributed by atoms with van der Waals surface area (Å²) < 4.78 is 0. The number of nitrogens with one attached hydrogen (secondary N) is 2. The molecule has 0 unspecified atom stereocenters. The van der Waals surface area contributed by atoms with Crippen molar-refractivity contribution < 1.29 is 9.59 Å². The van der Waals surface area contributed by atoms with Crippen molar-refractivity contribution in [3.63, 3.8) is 0 Å². The molecule has 2 aliphatic rings. The number of thioether (sulfide) groups is 1. The number of amides is 2. The molecular weight excluding hydrogens is 324 g/mol. The summed E-state index contributed by atoms with van der Waals surface area (Å²) in [6.45, 7) is 4.84. The Bertz CT molecular complexity index is 587. The standard InChI is InChI=1S/C17H24N4O2S/c1-12-2-3-15(11-19-12)20-16(22)13-8-14(10-18-9-13)17(23)21-4-6-24-7-5-21/h2-3,11,13-14,18H,4-10H2,1H3,(H,20,22)/t13-,14+/m0/s1. The summed E-state index contributed by atoms with van der Waals surface area (Å²) in [5, 5.41) is 6.16. The van der Waals surface area contributed by atoms with Crippen LogP contribution in [-0.4, -0.2) is 59.4 Å². The lowest BCUT2D eigenvalue weighted by Crippen LogP contribution is -2.49. The molecule has 1 aromatic heterocycles. The fraction of sp³-hybridized carbons (Fsp3) is 0.588. The summed E-state index contributed by atoms with van der Waals surface area (Å²) in [5.74, 6) is 1.88. The van der Waals surface area contributed by atoms with Crippen molar-refractivity contribution in [2.75, 3.05) is 43.0 Å². The third-order valence-corrected chi connectivity index (χ3v) is 5.51. The Hall–Kier alpha value is -1.60. The van der Waals surface area contributed by atoms with E-state index in [0.717, 1.165) is 30.3 Å². The molecule has 2 atom stereocenters. The number of carbonyl (C=O) groups is 2. The maximum atomic E-state index is 12.7. The number of hydrogen-bond acceptors (Lipinski definition) is 5. The summed E-state index contributed by atoms with van der Waals surface area (Å²) in [5.41, 5.74) is 1.62. The first kappa shape index (κ1) is 17.2. The van der Waals surface area contributed by atoms with Crippen LogP contribution >= 0.6 is 11.8 Å². The van der Waals surface area contributed by atoms with Crippen LogP contribution in [0, 0.1) is 18.8 Å². The highest BCUT2D eigenvalue weighted by atomic mass is 32.2. The van der Waals surface area contributed by atoms with Crippen molar-refractivity contribution in [1.29, 1.82) is 0 Å². The molecule has 2 aliphatic heterocycles. The van der Waals surface area contributed by atoms with Crippen LogP contribution < -0.4 is 10.6 Å². The first-order valence-electron chi connectivity index (χ1n) is 8.44. The van der Waals surface area contributed by atoms with E-state index in [2.05, 4.69) is 15.6 Å². The van der Waals surface area contributed by atoms with Crippen LogP contribution in [0.15, 0.2) is 18.3 Å². The number of aryl methyl sites for hydroxylation is 1. The van der Waals surface area contributed by atoms with E-state index in [1.54, 1.807) is 6.20 Å². The van der Waals surface area contributed by atoms with Gasteiger partial charge in [0.2, 0.25) is 11.8 Å². The lowest BCUT2D eigenvalue weighted by atomic mass is 9.88. The van der Waals surface area contributed by atoms with Gasteiger partial charge in [-0.2, -0.15) is 11.8 Å². The zero-order chi connectivity index (χ0) is 16.9. The molecule has 0 bridgehead atoms. The zero-order valence-electron chi connectivity index (χ0n) is 14.0. The van der Waals surface area contributed by atoms with E-state index in [4.69, 9.17) is 0 Å². The fourth-order valence-corrected chi connectivity index (χ4v) is 4.06. The second-order valence-electron chi connectivity index (χ2n) is 6.40. The van der Waals surface area contributed by atoms with Crippen LogP contribution in [0.4, 0.5) is 5.69 Å². The topological polar surface area (TPSA) is 74.3 Å². The molecule has 130 valence electrons. The van der Waals surface area contributed by atoms with Crippen molar-refractivity contribution >= 4 is 29.3 Å². The molecule has 0 aliphatic carbocycles. The number of hydrogen-bond donors (Lipinski definition) is 2. The quantitative estimate of drug-likeness (QED) is 0.857. The minimum atomic E-state index is -0.187. The van der Waals surface area contributed by atoms with Gasteiger partial charge in [-0.05, 0) is 25.5 Å². The number of carbonyl (C=O) groups excluding carboxylic acids is 2. The molecule has 24 heavy (non-hydrogen) atoms. The molecule has 0 spiro atoms. The van der Waals surface area contributed by atoms with E-state index in [1.165, 1.54) is 0 Å². The maximum absolute atomic E-state index is 12.7. The van der Waals surface area contributed by atoms with Gasteiger partial charge in [0, 0.05) is 43.4 Å². The summed E-state index contributed by atoms with van der Waals surface area (Å²) in [4.78, 5) is 31.3. The summed E-state index contributed by atoms with van der Waals surface area (Å²) in [6.07, 6.45) is 2.28. The van der Waals surface area contributed by atoms with Crippen LogP contribution in [0.2, 0.25) is 0 Å².